The van der Waals surface area contributed by atoms with Gasteiger partial charge in [0, 0.05) is 31.7 Å². The summed E-state index contributed by atoms with van der Waals surface area (Å²) in [6.07, 6.45) is 5.24. The van der Waals surface area contributed by atoms with Crippen LogP contribution in [0.5, 0.6) is 0 Å². The van der Waals surface area contributed by atoms with Gasteiger partial charge in [0.05, 0.1) is 6.61 Å². The lowest BCUT2D eigenvalue weighted by molar-refractivity contribution is 0.162. The van der Waals surface area contributed by atoms with Gasteiger partial charge in [-0.05, 0) is 18.4 Å². The maximum atomic E-state index is 9.14. The summed E-state index contributed by atoms with van der Waals surface area (Å²) in [7, 11) is 0. The fourth-order valence-corrected chi connectivity index (χ4v) is 2.48. The highest BCUT2D eigenvalue weighted by Gasteiger charge is 2.22. The maximum Gasteiger partial charge on any atom is 0.0558 e. The molecule has 1 saturated carbocycles. The molecule has 0 atom stereocenters. The van der Waals surface area contributed by atoms with Crippen LogP contribution in [0.3, 0.4) is 0 Å². The van der Waals surface area contributed by atoms with Crippen molar-refractivity contribution in [1.82, 2.24) is 10.2 Å². The van der Waals surface area contributed by atoms with E-state index in [1.807, 2.05) is 0 Å². The van der Waals surface area contributed by atoms with E-state index >= 15 is 0 Å². The largest absolute Gasteiger partial charge is 0.395 e. The molecule has 0 unspecified atom stereocenters. The number of rotatable bonds is 8. The second kappa shape index (κ2) is 7.85. The van der Waals surface area contributed by atoms with E-state index in [9.17, 15) is 0 Å². The van der Waals surface area contributed by atoms with Crippen molar-refractivity contribution < 1.29 is 5.11 Å². The Labute approximate surface area is 106 Å². The number of aliphatic hydroxyl groups excluding tert-OH is 1. The zero-order valence-corrected chi connectivity index (χ0v) is 11.4. The Bertz CT molecular complexity index is 222. The van der Waals surface area contributed by atoms with Crippen molar-refractivity contribution in [3.8, 4) is 0 Å². The van der Waals surface area contributed by atoms with Crippen LogP contribution >= 0.6 is 0 Å². The predicted octanol–water partition coefficient (Wildman–Crippen LogP) is 1.78. The Kier molecular flexibility index (Phi) is 6.78. The molecule has 0 aromatic rings. The monoisotopic (exact) mass is 240 g/mol. The molecule has 3 nitrogen and oxygen atoms in total. The van der Waals surface area contributed by atoms with E-state index < -0.39 is 0 Å². The molecule has 0 radical (unpaired) electrons. The molecular weight excluding hydrogens is 212 g/mol. The molecule has 0 aromatic carbocycles. The molecule has 0 bridgehead atoms. The van der Waals surface area contributed by atoms with Crippen LogP contribution in [0.15, 0.2) is 12.2 Å². The third kappa shape index (κ3) is 5.66. The Hall–Kier alpha value is -0.380. The van der Waals surface area contributed by atoms with Crippen molar-refractivity contribution >= 4 is 0 Å². The van der Waals surface area contributed by atoms with Gasteiger partial charge in [0.1, 0.15) is 0 Å². The molecule has 2 N–H and O–H groups in total. The van der Waals surface area contributed by atoms with Crippen LogP contribution in [0.25, 0.3) is 0 Å². The lowest BCUT2D eigenvalue weighted by Gasteiger charge is -2.29. The van der Waals surface area contributed by atoms with E-state index in [-0.39, 0.29) is 6.61 Å². The SMILES string of the molecule is C=C(CNC(C)C)CN(CCO)C1CCCC1. The highest BCUT2D eigenvalue weighted by Crippen LogP contribution is 2.23. The number of nitrogens with one attached hydrogen (secondary N) is 1. The standard InChI is InChI=1S/C14H28N2O/c1-12(2)15-10-13(3)11-16(8-9-17)14-6-4-5-7-14/h12,14-15,17H,3-11H2,1-2H3. The second-order valence-corrected chi connectivity index (χ2v) is 5.42. The fraction of sp³-hybridized carbons (Fsp3) is 0.857. The molecule has 0 spiro atoms. The van der Waals surface area contributed by atoms with Crippen molar-refractivity contribution in [2.75, 3.05) is 26.2 Å². The summed E-state index contributed by atoms with van der Waals surface area (Å²) in [5.74, 6) is 0. The fourth-order valence-electron chi connectivity index (χ4n) is 2.48. The van der Waals surface area contributed by atoms with Crippen LogP contribution in [0.1, 0.15) is 39.5 Å². The van der Waals surface area contributed by atoms with Gasteiger partial charge in [-0.1, -0.05) is 33.3 Å². The lowest BCUT2D eigenvalue weighted by Crippen LogP contribution is -2.38. The zero-order valence-electron chi connectivity index (χ0n) is 11.4. The van der Waals surface area contributed by atoms with E-state index in [0.717, 1.165) is 19.6 Å². The summed E-state index contributed by atoms with van der Waals surface area (Å²) in [6, 6.07) is 1.17. The van der Waals surface area contributed by atoms with Gasteiger partial charge in [0.2, 0.25) is 0 Å². The van der Waals surface area contributed by atoms with E-state index in [1.54, 1.807) is 0 Å². The van der Waals surface area contributed by atoms with Crippen LogP contribution in [-0.4, -0.2) is 48.3 Å². The summed E-state index contributed by atoms with van der Waals surface area (Å²) in [5.41, 5.74) is 1.22. The van der Waals surface area contributed by atoms with Gasteiger partial charge >= 0.3 is 0 Å². The Morgan fingerprint density at radius 3 is 2.59 bits per heavy atom. The smallest absolute Gasteiger partial charge is 0.0558 e. The lowest BCUT2D eigenvalue weighted by atomic mass is 10.1. The van der Waals surface area contributed by atoms with Gasteiger partial charge in [-0.25, -0.2) is 0 Å². The number of nitrogens with zero attached hydrogens (tertiary/aromatic N) is 1. The van der Waals surface area contributed by atoms with E-state index in [4.69, 9.17) is 5.11 Å². The number of aliphatic hydroxyl groups is 1. The normalized spacial score (nSPS) is 17.2. The first-order valence-corrected chi connectivity index (χ1v) is 6.88. The molecule has 1 fully saturated rings. The Morgan fingerprint density at radius 2 is 2.06 bits per heavy atom. The molecule has 0 aliphatic heterocycles. The van der Waals surface area contributed by atoms with Crippen molar-refractivity contribution in [2.24, 2.45) is 0 Å². The summed E-state index contributed by atoms with van der Waals surface area (Å²) in [6.45, 7) is 11.3. The molecule has 0 saturated heterocycles. The van der Waals surface area contributed by atoms with Crippen LogP contribution in [0.2, 0.25) is 0 Å². The summed E-state index contributed by atoms with van der Waals surface area (Å²) < 4.78 is 0. The predicted molar refractivity (Wildman–Crippen MR) is 73.2 cm³/mol. The van der Waals surface area contributed by atoms with Gasteiger partial charge < -0.3 is 10.4 Å². The third-order valence-corrected chi connectivity index (χ3v) is 3.42. The van der Waals surface area contributed by atoms with Crippen LogP contribution < -0.4 is 5.32 Å². The van der Waals surface area contributed by atoms with Gasteiger partial charge in [0.15, 0.2) is 0 Å². The second-order valence-electron chi connectivity index (χ2n) is 5.42. The van der Waals surface area contributed by atoms with E-state index in [2.05, 4.69) is 30.6 Å². The molecule has 3 heteroatoms. The molecule has 0 aromatic heterocycles. The first-order valence-electron chi connectivity index (χ1n) is 6.88. The van der Waals surface area contributed by atoms with E-state index in [1.165, 1.54) is 31.3 Å². The minimum absolute atomic E-state index is 0.251. The topological polar surface area (TPSA) is 35.5 Å². The first-order chi connectivity index (χ1) is 8.13. The molecular formula is C14H28N2O. The molecule has 0 amide bonds. The van der Waals surface area contributed by atoms with Gasteiger partial charge in [-0.2, -0.15) is 0 Å². The average molecular weight is 240 g/mol. The molecule has 1 rings (SSSR count). The third-order valence-electron chi connectivity index (χ3n) is 3.42. The van der Waals surface area contributed by atoms with Crippen molar-refractivity contribution in [3.63, 3.8) is 0 Å². The molecule has 0 heterocycles. The van der Waals surface area contributed by atoms with Gasteiger partial charge in [0.25, 0.3) is 0 Å². The average Bonchev–Trinajstić information content (AvgIpc) is 2.79. The van der Waals surface area contributed by atoms with Crippen molar-refractivity contribution in [2.45, 2.75) is 51.6 Å². The van der Waals surface area contributed by atoms with Crippen LogP contribution in [-0.2, 0) is 0 Å². The Morgan fingerprint density at radius 1 is 1.41 bits per heavy atom. The molecule has 1 aliphatic carbocycles. The van der Waals surface area contributed by atoms with E-state index in [0.29, 0.717) is 12.1 Å². The molecule has 100 valence electrons. The molecule has 17 heavy (non-hydrogen) atoms. The van der Waals surface area contributed by atoms with Gasteiger partial charge in [-0.3, -0.25) is 4.90 Å². The minimum atomic E-state index is 0.251. The number of hydrogen-bond donors (Lipinski definition) is 2. The summed E-state index contributed by atoms with van der Waals surface area (Å²) in [5, 5.41) is 12.5. The molecule has 1 aliphatic rings. The van der Waals surface area contributed by atoms with Crippen LogP contribution in [0.4, 0.5) is 0 Å². The number of hydrogen-bond acceptors (Lipinski definition) is 3. The van der Waals surface area contributed by atoms with Crippen LogP contribution in [0, 0.1) is 0 Å². The quantitative estimate of drug-likeness (QED) is 0.635. The zero-order chi connectivity index (χ0) is 12.7. The van der Waals surface area contributed by atoms with Crippen molar-refractivity contribution in [3.05, 3.63) is 12.2 Å². The minimum Gasteiger partial charge on any atom is -0.395 e. The first kappa shape index (κ1) is 14.7. The maximum absolute atomic E-state index is 9.14. The van der Waals surface area contributed by atoms with Gasteiger partial charge in [-0.15, -0.1) is 0 Å². The highest BCUT2D eigenvalue weighted by atomic mass is 16.3. The van der Waals surface area contributed by atoms with Crippen molar-refractivity contribution in [1.29, 1.82) is 0 Å². The Balaban J connectivity index is 2.34. The summed E-state index contributed by atoms with van der Waals surface area (Å²) >= 11 is 0. The highest BCUT2D eigenvalue weighted by molar-refractivity contribution is 5.01. The summed E-state index contributed by atoms with van der Waals surface area (Å²) in [4.78, 5) is 2.40.